The van der Waals surface area contributed by atoms with Crippen LogP contribution in [0.25, 0.3) is 5.69 Å². The summed E-state index contributed by atoms with van der Waals surface area (Å²) in [5, 5.41) is 4.31. The summed E-state index contributed by atoms with van der Waals surface area (Å²) in [6.07, 6.45) is 5.43. The van der Waals surface area contributed by atoms with Crippen LogP contribution in [0.1, 0.15) is 18.4 Å². The second kappa shape index (κ2) is 8.47. The highest BCUT2D eigenvalue weighted by molar-refractivity contribution is 5.76. The summed E-state index contributed by atoms with van der Waals surface area (Å²) < 4.78 is 1.85. The van der Waals surface area contributed by atoms with Crippen molar-refractivity contribution in [1.82, 2.24) is 24.5 Å². The molecule has 0 N–H and O–H groups in total. The van der Waals surface area contributed by atoms with Gasteiger partial charge >= 0.3 is 0 Å². The maximum Gasteiger partial charge on any atom is 0.223 e. The van der Waals surface area contributed by atoms with Gasteiger partial charge in [-0.2, -0.15) is 5.10 Å². The van der Waals surface area contributed by atoms with Gasteiger partial charge in [-0.15, -0.1) is 0 Å². The molecule has 2 aromatic rings. The molecule has 0 bridgehead atoms. The van der Waals surface area contributed by atoms with Gasteiger partial charge < -0.3 is 14.7 Å². The topological polar surface area (TPSA) is 44.6 Å². The number of hydrogen-bond acceptors (Lipinski definition) is 4. The predicted octanol–water partition coefficient (Wildman–Crippen LogP) is 1.86. The van der Waals surface area contributed by atoms with Crippen LogP contribution in [-0.4, -0.2) is 77.2 Å². The quantitative estimate of drug-likeness (QED) is 0.760. The fraction of sp³-hybridized carbons (Fsp3) is 0.500. The number of likely N-dealkylation sites (tertiary alicyclic amines) is 1. The zero-order valence-corrected chi connectivity index (χ0v) is 16.0. The first-order chi connectivity index (χ1) is 12.5. The Morgan fingerprint density at radius 3 is 2.77 bits per heavy atom. The molecule has 6 nitrogen and oxygen atoms in total. The van der Waals surface area contributed by atoms with E-state index in [-0.39, 0.29) is 5.91 Å². The van der Waals surface area contributed by atoms with E-state index < -0.39 is 0 Å². The van der Waals surface area contributed by atoms with Gasteiger partial charge in [-0.1, -0.05) is 18.2 Å². The summed E-state index contributed by atoms with van der Waals surface area (Å²) >= 11 is 0. The van der Waals surface area contributed by atoms with Crippen LogP contribution in [0.2, 0.25) is 0 Å². The Bertz CT molecular complexity index is 715. The van der Waals surface area contributed by atoms with Crippen LogP contribution in [0.4, 0.5) is 0 Å². The fourth-order valence-electron chi connectivity index (χ4n) is 3.54. The van der Waals surface area contributed by atoms with Crippen molar-refractivity contribution >= 4 is 5.91 Å². The standard InChI is InChI=1S/C20H29N5O/c1-22-13-9-18(16-22)23(2)14-10-20(26)24(3)15-17-7-4-5-8-19(17)25-12-6-11-21-25/h4-8,11-12,18H,9-10,13-16H2,1-3H3. The van der Waals surface area contributed by atoms with Gasteiger partial charge in [0.1, 0.15) is 0 Å². The molecular weight excluding hydrogens is 326 g/mol. The third-order valence-corrected chi connectivity index (χ3v) is 5.24. The van der Waals surface area contributed by atoms with E-state index in [2.05, 4.69) is 35.1 Å². The highest BCUT2D eigenvalue weighted by atomic mass is 16.2. The van der Waals surface area contributed by atoms with Gasteiger partial charge in [-0.05, 0) is 44.8 Å². The van der Waals surface area contributed by atoms with Gasteiger partial charge in [0, 0.05) is 51.5 Å². The molecule has 1 aromatic heterocycles. The zero-order chi connectivity index (χ0) is 18.5. The molecular formula is C20H29N5O. The summed E-state index contributed by atoms with van der Waals surface area (Å²) in [6, 6.07) is 10.6. The van der Waals surface area contributed by atoms with Crippen molar-refractivity contribution in [3.8, 4) is 5.69 Å². The maximum absolute atomic E-state index is 12.6. The average Bonchev–Trinajstić information content (AvgIpc) is 3.31. The lowest BCUT2D eigenvalue weighted by molar-refractivity contribution is -0.130. The second-order valence-electron chi connectivity index (χ2n) is 7.26. The summed E-state index contributed by atoms with van der Waals surface area (Å²) in [4.78, 5) is 19.1. The molecule has 0 radical (unpaired) electrons. The molecule has 140 valence electrons. The molecule has 26 heavy (non-hydrogen) atoms. The van der Waals surface area contributed by atoms with Crippen LogP contribution in [0.3, 0.4) is 0 Å². The van der Waals surface area contributed by atoms with E-state index in [0.717, 1.165) is 30.9 Å². The van der Waals surface area contributed by atoms with Crippen LogP contribution in [0.15, 0.2) is 42.7 Å². The Labute approximate surface area is 156 Å². The Morgan fingerprint density at radius 1 is 1.27 bits per heavy atom. The zero-order valence-electron chi connectivity index (χ0n) is 16.0. The number of amides is 1. The fourth-order valence-corrected chi connectivity index (χ4v) is 3.54. The number of benzene rings is 1. The van der Waals surface area contributed by atoms with Gasteiger partial charge in [-0.25, -0.2) is 4.68 Å². The van der Waals surface area contributed by atoms with Crippen molar-refractivity contribution in [2.75, 3.05) is 40.8 Å². The van der Waals surface area contributed by atoms with E-state index >= 15 is 0 Å². The SMILES string of the molecule is CN1CCC(N(C)CCC(=O)N(C)Cc2ccccc2-n2cccn2)C1. The van der Waals surface area contributed by atoms with Crippen molar-refractivity contribution in [3.05, 3.63) is 48.3 Å². The molecule has 1 amide bonds. The predicted molar refractivity (Wildman–Crippen MR) is 103 cm³/mol. The molecule has 1 atom stereocenters. The highest BCUT2D eigenvalue weighted by Gasteiger charge is 2.23. The number of rotatable bonds is 7. The van der Waals surface area contributed by atoms with Crippen LogP contribution >= 0.6 is 0 Å². The molecule has 1 fully saturated rings. The Balaban J connectivity index is 1.55. The molecule has 0 spiro atoms. The average molecular weight is 355 g/mol. The number of hydrogen-bond donors (Lipinski definition) is 0. The lowest BCUT2D eigenvalue weighted by atomic mass is 10.1. The molecule has 1 aromatic carbocycles. The Hall–Kier alpha value is -2.18. The summed E-state index contributed by atoms with van der Waals surface area (Å²) in [7, 11) is 6.17. The number of aromatic nitrogens is 2. The molecule has 2 heterocycles. The van der Waals surface area contributed by atoms with Crippen molar-refractivity contribution in [2.24, 2.45) is 0 Å². The molecule has 1 aliphatic rings. The van der Waals surface area contributed by atoms with Gasteiger partial charge in [0.25, 0.3) is 0 Å². The first-order valence-electron chi connectivity index (χ1n) is 9.25. The summed E-state index contributed by atoms with van der Waals surface area (Å²) in [5.41, 5.74) is 2.11. The van der Waals surface area contributed by atoms with E-state index in [1.54, 1.807) is 6.20 Å². The monoisotopic (exact) mass is 355 g/mol. The van der Waals surface area contributed by atoms with Crippen LogP contribution in [0, 0.1) is 0 Å². The van der Waals surface area contributed by atoms with Gasteiger partial charge in [0.2, 0.25) is 5.91 Å². The van der Waals surface area contributed by atoms with Gasteiger partial charge in [-0.3, -0.25) is 4.79 Å². The smallest absolute Gasteiger partial charge is 0.223 e. The van der Waals surface area contributed by atoms with Crippen LogP contribution in [0.5, 0.6) is 0 Å². The van der Waals surface area contributed by atoms with E-state index in [9.17, 15) is 4.79 Å². The minimum Gasteiger partial charge on any atom is -0.341 e. The number of carbonyl (C=O) groups excluding carboxylic acids is 1. The molecule has 6 heteroatoms. The van der Waals surface area contributed by atoms with E-state index in [0.29, 0.717) is 19.0 Å². The highest BCUT2D eigenvalue weighted by Crippen LogP contribution is 2.16. The maximum atomic E-state index is 12.6. The minimum absolute atomic E-state index is 0.179. The Kier molecular flexibility index (Phi) is 6.06. The first kappa shape index (κ1) is 18.6. The van der Waals surface area contributed by atoms with Crippen LogP contribution in [-0.2, 0) is 11.3 Å². The van der Waals surface area contributed by atoms with Crippen molar-refractivity contribution in [1.29, 1.82) is 0 Å². The third-order valence-electron chi connectivity index (χ3n) is 5.24. The second-order valence-corrected chi connectivity index (χ2v) is 7.26. The molecule has 1 aliphatic heterocycles. The summed E-state index contributed by atoms with van der Waals surface area (Å²) in [5.74, 6) is 0.179. The van der Waals surface area contributed by atoms with Gasteiger partial charge in [0.05, 0.1) is 5.69 Å². The number of nitrogens with zero attached hydrogens (tertiary/aromatic N) is 5. The van der Waals surface area contributed by atoms with Crippen molar-refractivity contribution < 1.29 is 4.79 Å². The molecule has 1 saturated heterocycles. The molecule has 0 aliphatic carbocycles. The minimum atomic E-state index is 0.179. The lowest BCUT2D eigenvalue weighted by Gasteiger charge is -2.25. The van der Waals surface area contributed by atoms with Crippen molar-refractivity contribution in [2.45, 2.75) is 25.4 Å². The number of para-hydroxylation sites is 1. The lowest BCUT2D eigenvalue weighted by Crippen LogP contribution is -2.37. The van der Waals surface area contributed by atoms with Crippen molar-refractivity contribution in [3.63, 3.8) is 0 Å². The largest absolute Gasteiger partial charge is 0.341 e. The first-order valence-corrected chi connectivity index (χ1v) is 9.25. The van der Waals surface area contributed by atoms with E-state index in [1.165, 1.54) is 6.42 Å². The van der Waals surface area contributed by atoms with E-state index in [1.807, 2.05) is 47.1 Å². The number of likely N-dealkylation sites (N-methyl/N-ethyl adjacent to an activating group) is 2. The van der Waals surface area contributed by atoms with Gasteiger partial charge in [0.15, 0.2) is 0 Å². The van der Waals surface area contributed by atoms with E-state index in [4.69, 9.17) is 0 Å². The molecule has 0 saturated carbocycles. The van der Waals surface area contributed by atoms with Crippen LogP contribution < -0.4 is 0 Å². The molecule has 1 unspecified atom stereocenters. The normalized spacial score (nSPS) is 17.8. The number of carbonyl (C=O) groups is 1. The Morgan fingerprint density at radius 2 is 2.08 bits per heavy atom. The summed E-state index contributed by atoms with van der Waals surface area (Å²) in [6.45, 7) is 3.64. The third kappa shape index (κ3) is 4.51. The molecule has 3 rings (SSSR count).